The lowest BCUT2D eigenvalue weighted by molar-refractivity contribution is -0.118. The molecule has 9 heteroatoms. The number of halogens is 1. The number of carbonyl (C=O) groups is 2. The molecule has 1 aliphatic heterocycles. The van der Waals surface area contributed by atoms with E-state index in [9.17, 15) is 14.0 Å². The summed E-state index contributed by atoms with van der Waals surface area (Å²) in [5.74, 6) is -0.147. The summed E-state index contributed by atoms with van der Waals surface area (Å²) in [7, 11) is 0. The average Bonchev–Trinajstić information content (AvgIpc) is 3.39. The summed E-state index contributed by atoms with van der Waals surface area (Å²) in [6, 6.07) is 6.71. The van der Waals surface area contributed by atoms with Crippen LogP contribution in [0.4, 0.5) is 10.1 Å². The number of anilines is 1. The highest BCUT2D eigenvalue weighted by molar-refractivity contribution is 6.00. The van der Waals surface area contributed by atoms with E-state index in [1.807, 2.05) is 0 Å². The standard InChI is InChI=1S/C23H26FN5O3/c1-14(2)20(26-22(30)18-7-6-12-32-18)23(31)25-17-13-15(9-10-16(17)24)21-28-27-19-8-4-3-5-11-29(19)21/h6-7,9-10,12-14,20H,3-5,8,11H2,1-2H3,(H,25,31)(H,26,30). The third-order valence-corrected chi connectivity index (χ3v) is 5.57. The molecule has 1 aliphatic rings. The molecule has 0 aliphatic carbocycles. The number of nitrogens with zero attached hydrogens (tertiary/aromatic N) is 3. The number of rotatable bonds is 6. The highest BCUT2D eigenvalue weighted by atomic mass is 19.1. The first-order chi connectivity index (χ1) is 15.4. The lowest BCUT2D eigenvalue weighted by Gasteiger charge is -2.21. The van der Waals surface area contributed by atoms with E-state index >= 15 is 0 Å². The molecule has 4 rings (SSSR count). The number of hydrogen-bond donors (Lipinski definition) is 2. The molecule has 0 fully saturated rings. The van der Waals surface area contributed by atoms with Gasteiger partial charge in [0.15, 0.2) is 11.6 Å². The van der Waals surface area contributed by atoms with Crippen molar-refractivity contribution in [3.05, 3.63) is 54.0 Å². The number of carbonyl (C=O) groups excluding carboxylic acids is 2. The Morgan fingerprint density at radius 1 is 1.16 bits per heavy atom. The van der Waals surface area contributed by atoms with Crippen molar-refractivity contribution in [2.45, 2.75) is 52.1 Å². The molecule has 1 aromatic carbocycles. The molecule has 0 spiro atoms. The summed E-state index contributed by atoms with van der Waals surface area (Å²) < 4.78 is 21.7. The summed E-state index contributed by atoms with van der Waals surface area (Å²) in [6.07, 6.45) is 5.49. The van der Waals surface area contributed by atoms with Crippen molar-refractivity contribution in [3.8, 4) is 11.4 Å². The van der Waals surface area contributed by atoms with Crippen LogP contribution < -0.4 is 10.6 Å². The van der Waals surface area contributed by atoms with E-state index in [2.05, 4.69) is 25.4 Å². The van der Waals surface area contributed by atoms with Crippen molar-refractivity contribution >= 4 is 17.5 Å². The van der Waals surface area contributed by atoms with E-state index < -0.39 is 23.7 Å². The van der Waals surface area contributed by atoms with Crippen LogP contribution in [0, 0.1) is 11.7 Å². The van der Waals surface area contributed by atoms with Crippen LogP contribution in [0.15, 0.2) is 41.0 Å². The van der Waals surface area contributed by atoms with Gasteiger partial charge >= 0.3 is 0 Å². The Balaban J connectivity index is 1.55. The van der Waals surface area contributed by atoms with E-state index in [0.29, 0.717) is 11.4 Å². The molecule has 3 aromatic rings. The van der Waals surface area contributed by atoms with Gasteiger partial charge in [-0.25, -0.2) is 4.39 Å². The second-order valence-electron chi connectivity index (χ2n) is 8.26. The van der Waals surface area contributed by atoms with Crippen LogP contribution in [0.5, 0.6) is 0 Å². The predicted octanol–water partition coefficient (Wildman–Crippen LogP) is 3.80. The molecule has 1 atom stereocenters. The molecule has 2 amide bonds. The maximum Gasteiger partial charge on any atom is 0.287 e. The third-order valence-electron chi connectivity index (χ3n) is 5.57. The summed E-state index contributed by atoms with van der Waals surface area (Å²) in [5.41, 5.74) is 0.694. The number of aryl methyl sites for hydroxylation is 1. The Morgan fingerprint density at radius 3 is 2.75 bits per heavy atom. The first-order valence-electron chi connectivity index (χ1n) is 10.8. The fraction of sp³-hybridized carbons (Fsp3) is 0.391. The van der Waals surface area contributed by atoms with Crippen LogP contribution >= 0.6 is 0 Å². The van der Waals surface area contributed by atoms with E-state index in [1.165, 1.54) is 18.4 Å². The summed E-state index contributed by atoms with van der Waals surface area (Å²) in [6.45, 7) is 4.40. The Labute approximate surface area is 185 Å². The van der Waals surface area contributed by atoms with E-state index in [1.54, 1.807) is 32.0 Å². The minimum absolute atomic E-state index is 0.0244. The minimum Gasteiger partial charge on any atom is -0.459 e. The van der Waals surface area contributed by atoms with Gasteiger partial charge in [0, 0.05) is 18.5 Å². The quantitative estimate of drug-likeness (QED) is 0.608. The maximum atomic E-state index is 14.6. The molecular weight excluding hydrogens is 413 g/mol. The molecular formula is C23H26FN5O3. The second-order valence-corrected chi connectivity index (χ2v) is 8.26. The fourth-order valence-corrected chi connectivity index (χ4v) is 3.82. The number of hydrogen-bond acceptors (Lipinski definition) is 5. The van der Waals surface area contributed by atoms with Gasteiger partial charge in [-0.2, -0.15) is 0 Å². The van der Waals surface area contributed by atoms with Crippen molar-refractivity contribution in [2.24, 2.45) is 5.92 Å². The number of amides is 2. The number of furan rings is 1. The van der Waals surface area contributed by atoms with E-state index in [0.717, 1.165) is 38.1 Å². The first-order valence-corrected chi connectivity index (χ1v) is 10.8. The largest absolute Gasteiger partial charge is 0.459 e. The van der Waals surface area contributed by atoms with Crippen molar-refractivity contribution in [1.29, 1.82) is 0 Å². The zero-order valence-corrected chi connectivity index (χ0v) is 18.1. The first kappa shape index (κ1) is 21.7. The molecule has 8 nitrogen and oxygen atoms in total. The SMILES string of the molecule is CC(C)C(NC(=O)c1ccco1)C(=O)Nc1cc(-c2nnc3n2CCCCC3)ccc1F. The van der Waals surface area contributed by atoms with Crippen LogP contribution in [0.1, 0.15) is 49.5 Å². The summed E-state index contributed by atoms with van der Waals surface area (Å²) >= 11 is 0. The van der Waals surface area contributed by atoms with Crippen molar-refractivity contribution in [2.75, 3.05) is 5.32 Å². The highest BCUT2D eigenvalue weighted by Gasteiger charge is 2.27. The van der Waals surface area contributed by atoms with Gasteiger partial charge < -0.3 is 19.6 Å². The van der Waals surface area contributed by atoms with Gasteiger partial charge in [-0.3, -0.25) is 9.59 Å². The highest BCUT2D eigenvalue weighted by Crippen LogP contribution is 2.27. The number of aromatic nitrogens is 3. The van der Waals surface area contributed by atoms with Crippen molar-refractivity contribution < 1.29 is 18.4 Å². The lowest BCUT2D eigenvalue weighted by atomic mass is 10.0. The smallest absolute Gasteiger partial charge is 0.287 e. The predicted molar refractivity (Wildman–Crippen MR) is 116 cm³/mol. The van der Waals surface area contributed by atoms with Crippen LogP contribution in [-0.2, 0) is 17.8 Å². The zero-order valence-electron chi connectivity index (χ0n) is 18.1. The van der Waals surface area contributed by atoms with Gasteiger partial charge in [0.05, 0.1) is 12.0 Å². The molecule has 0 saturated heterocycles. The van der Waals surface area contributed by atoms with Crippen molar-refractivity contribution in [3.63, 3.8) is 0 Å². The number of benzene rings is 1. The molecule has 168 valence electrons. The van der Waals surface area contributed by atoms with Gasteiger partial charge in [-0.1, -0.05) is 20.3 Å². The second kappa shape index (κ2) is 9.33. The molecule has 3 heterocycles. The monoisotopic (exact) mass is 439 g/mol. The van der Waals surface area contributed by atoms with Crippen LogP contribution in [0.3, 0.4) is 0 Å². The van der Waals surface area contributed by atoms with Gasteiger partial charge in [-0.15, -0.1) is 10.2 Å². The maximum absolute atomic E-state index is 14.6. The summed E-state index contributed by atoms with van der Waals surface area (Å²) in [5, 5.41) is 13.9. The molecule has 2 aromatic heterocycles. The number of nitrogens with one attached hydrogen (secondary N) is 2. The Hall–Kier alpha value is -3.49. The van der Waals surface area contributed by atoms with Gasteiger partial charge in [-0.05, 0) is 49.1 Å². The minimum atomic E-state index is -0.875. The van der Waals surface area contributed by atoms with E-state index in [4.69, 9.17) is 4.42 Å². The topological polar surface area (TPSA) is 102 Å². The summed E-state index contributed by atoms with van der Waals surface area (Å²) in [4.78, 5) is 25.3. The van der Waals surface area contributed by atoms with E-state index in [-0.39, 0.29) is 17.4 Å². The zero-order chi connectivity index (χ0) is 22.7. The Morgan fingerprint density at radius 2 is 2.00 bits per heavy atom. The van der Waals surface area contributed by atoms with Crippen LogP contribution in [0.25, 0.3) is 11.4 Å². The molecule has 32 heavy (non-hydrogen) atoms. The van der Waals surface area contributed by atoms with Crippen LogP contribution in [0.2, 0.25) is 0 Å². The Kier molecular flexibility index (Phi) is 6.34. The molecule has 2 N–H and O–H groups in total. The molecule has 0 saturated carbocycles. The van der Waals surface area contributed by atoms with Gasteiger partial charge in [0.1, 0.15) is 17.7 Å². The van der Waals surface area contributed by atoms with Crippen LogP contribution in [-0.4, -0.2) is 32.6 Å². The molecule has 0 radical (unpaired) electrons. The Bertz CT molecular complexity index is 1110. The normalized spacial score (nSPS) is 14.5. The lowest BCUT2D eigenvalue weighted by Crippen LogP contribution is -2.47. The molecule has 0 bridgehead atoms. The third kappa shape index (κ3) is 4.56. The van der Waals surface area contributed by atoms with Gasteiger partial charge in [0.25, 0.3) is 5.91 Å². The number of fused-ring (bicyclic) bond motifs is 1. The molecule has 1 unspecified atom stereocenters. The average molecular weight is 439 g/mol. The fourth-order valence-electron chi connectivity index (χ4n) is 3.82. The van der Waals surface area contributed by atoms with Crippen molar-refractivity contribution in [1.82, 2.24) is 20.1 Å². The van der Waals surface area contributed by atoms with Gasteiger partial charge in [0.2, 0.25) is 5.91 Å².